The molecule has 1 saturated heterocycles. The maximum atomic E-state index is 11.6. The summed E-state index contributed by atoms with van der Waals surface area (Å²) < 4.78 is 5.97. The van der Waals surface area contributed by atoms with E-state index in [-0.39, 0.29) is 5.92 Å². The molecule has 2 aromatic rings. The van der Waals surface area contributed by atoms with Gasteiger partial charge in [-0.3, -0.25) is 0 Å². The Bertz CT molecular complexity index is 881. The smallest absolute Gasteiger partial charge is 0.137 e. The number of rotatable bonds is 7. The molecular formula is C26H33N3O2. The second-order valence-electron chi connectivity index (χ2n) is 8.91. The summed E-state index contributed by atoms with van der Waals surface area (Å²) in [6.45, 7) is 5.23. The molecule has 1 atom stereocenters. The van der Waals surface area contributed by atoms with Crippen LogP contribution in [0.25, 0.3) is 0 Å². The number of hydrogen-bond donors (Lipinski definition) is 2. The molecule has 0 aromatic heterocycles. The van der Waals surface area contributed by atoms with Gasteiger partial charge in [0.1, 0.15) is 18.4 Å². The van der Waals surface area contributed by atoms with Crippen LogP contribution in [0.5, 0.6) is 5.75 Å². The number of nitriles is 1. The quantitative estimate of drug-likeness (QED) is 0.714. The molecule has 2 aromatic carbocycles. The highest BCUT2D eigenvalue weighted by Crippen LogP contribution is 2.41. The topological polar surface area (TPSA) is 68.5 Å². The first-order chi connectivity index (χ1) is 15.2. The average Bonchev–Trinajstić information content (AvgIpc) is 2.83. The lowest BCUT2D eigenvalue weighted by Crippen LogP contribution is -2.49. The van der Waals surface area contributed by atoms with Gasteiger partial charge >= 0.3 is 0 Å². The maximum absolute atomic E-state index is 11.6. The summed E-state index contributed by atoms with van der Waals surface area (Å²) >= 11 is 0. The molecule has 0 radical (unpaired) electrons. The molecule has 0 spiro atoms. The summed E-state index contributed by atoms with van der Waals surface area (Å²) in [6.07, 6.45) is 4.99. The fourth-order valence-corrected chi connectivity index (χ4v) is 4.96. The molecule has 0 bridgehead atoms. The van der Waals surface area contributed by atoms with Crippen LogP contribution in [0.4, 0.5) is 0 Å². The summed E-state index contributed by atoms with van der Waals surface area (Å²) in [4.78, 5) is 2.44. The third-order valence-corrected chi connectivity index (χ3v) is 6.78. The highest BCUT2D eigenvalue weighted by Gasteiger charge is 2.40. The Balaban J connectivity index is 1.57. The van der Waals surface area contributed by atoms with Crippen LogP contribution in [0.1, 0.15) is 54.7 Å². The molecule has 5 nitrogen and oxygen atoms in total. The third-order valence-electron chi connectivity index (χ3n) is 6.78. The van der Waals surface area contributed by atoms with Gasteiger partial charge in [-0.2, -0.15) is 5.26 Å². The van der Waals surface area contributed by atoms with Crippen molar-refractivity contribution in [1.82, 2.24) is 10.2 Å². The first kappa shape index (κ1) is 21.8. The molecule has 1 aliphatic heterocycles. The minimum atomic E-state index is -0.706. The number of hydrogen-bond acceptors (Lipinski definition) is 5. The third kappa shape index (κ3) is 5.46. The minimum Gasteiger partial charge on any atom is -0.488 e. The van der Waals surface area contributed by atoms with Crippen molar-refractivity contribution in [2.24, 2.45) is 0 Å². The van der Waals surface area contributed by atoms with Gasteiger partial charge in [0, 0.05) is 38.6 Å². The maximum Gasteiger partial charge on any atom is 0.137 e. The van der Waals surface area contributed by atoms with E-state index >= 15 is 0 Å². The Hall–Kier alpha value is -2.39. The van der Waals surface area contributed by atoms with Crippen LogP contribution in [0.2, 0.25) is 0 Å². The van der Waals surface area contributed by atoms with Crippen LogP contribution >= 0.6 is 0 Å². The molecule has 2 fully saturated rings. The Labute approximate surface area is 185 Å². The SMILES string of the molecule is N#Cc1cc(C(CN2CCNCC2)C2(O)CCCCC2)ccc1OCc1ccccc1. The zero-order valence-electron chi connectivity index (χ0n) is 18.2. The summed E-state index contributed by atoms with van der Waals surface area (Å²) in [7, 11) is 0. The van der Waals surface area contributed by atoms with Crippen LogP contribution in [-0.2, 0) is 6.61 Å². The van der Waals surface area contributed by atoms with Gasteiger partial charge < -0.3 is 20.1 Å². The summed E-state index contributed by atoms with van der Waals surface area (Å²) in [5.74, 6) is 0.604. The largest absolute Gasteiger partial charge is 0.488 e. The van der Waals surface area contributed by atoms with Crippen LogP contribution in [-0.4, -0.2) is 48.3 Å². The molecule has 4 rings (SSSR count). The highest BCUT2D eigenvalue weighted by atomic mass is 16.5. The van der Waals surface area contributed by atoms with Crippen LogP contribution in [0, 0.1) is 11.3 Å². The summed E-state index contributed by atoms with van der Waals surface area (Å²) in [5.41, 5.74) is 1.95. The minimum absolute atomic E-state index is 0.00109. The van der Waals surface area contributed by atoms with Gasteiger partial charge in [0.05, 0.1) is 11.2 Å². The van der Waals surface area contributed by atoms with Crippen molar-refractivity contribution in [3.63, 3.8) is 0 Å². The molecular weight excluding hydrogens is 386 g/mol. The molecule has 1 heterocycles. The number of aliphatic hydroxyl groups is 1. The van der Waals surface area contributed by atoms with E-state index in [2.05, 4.69) is 22.4 Å². The average molecular weight is 420 g/mol. The van der Waals surface area contributed by atoms with Crippen LogP contribution < -0.4 is 10.1 Å². The van der Waals surface area contributed by atoms with E-state index in [9.17, 15) is 10.4 Å². The van der Waals surface area contributed by atoms with Crippen molar-refractivity contribution in [3.05, 3.63) is 65.2 Å². The molecule has 2 N–H and O–H groups in total. The Morgan fingerprint density at radius 2 is 1.81 bits per heavy atom. The molecule has 2 aliphatic rings. The van der Waals surface area contributed by atoms with Gasteiger partial charge in [0.15, 0.2) is 0 Å². The van der Waals surface area contributed by atoms with E-state index in [0.717, 1.165) is 69.5 Å². The molecule has 1 saturated carbocycles. The fourth-order valence-electron chi connectivity index (χ4n) is 4.96. The van der Waals surface area contributed by atoms with Gasteiger partial charge in [-0.25, -0.2) is 0 Å². The van der Waals surface area contributed by atoms with Crippen LogP contribution in [0.15, 0.2) is 48.5 Å². The standard InChI is InChI=1S/C26H33N3O2/c27-18-23-17-22(9-10-25(23)31-20-21-7-3-1-4-8-21)24(19-29-15-13-28-14-16-29)26(30)11-5-2-6-12-26/h1,3-4,7-10,17,24,28,30H,2,5-6,11-16,19-20H2. The lowest BCUT2D eigenvalue weighted by molar-refractivity contribution is -0.0316. The van der Waals surface area contributed by atoms with Crippen molar-refractivity contribution < 1.29 is 9.84 Å². The van der Waals surface area contributed by atoms with E-state index < -0.39 is 5.60 Å². The van der Waals surface area contributed by atoms with E-state index in [1.165, 1.54) is 6.42 Å². The van der Waals surface area contributed by atoms with Gasteiger partial charge in [-0.05, 0) is 36.1 Å². The fraction of sp³-hybridized carbons (Fsp3) is 0.500. The van der Waals surface area contributed by atoms with Crippen molar-refractivity contribution in [2.45, 2.75) is 50.2 Å². The van der Waals surface area contributed by atoms with E-state index in [0.29, 0.717) is 17.9 Å². The van der Waals surface area contributed by atoms with Crippen molar-refractivity contribution >= 4 is 0 Å². The molecule has 1 unspecified atom stereocenters. The molecule has 0 amide bonds. The zero-order chi connectivity index (χ0) is 21.5. The van der Waals surface area contributed by atoms with Crippen LogP contribution in [0.3, 0.4) is 0 Å². The first-order valence-corrected chi connectivity index (χ1v) is 11.5. The van der Waals surface area contributed by atoms with Gasteiger partial charge in [0.2, 0.25) is 0 Å². The van der Waals surface area contributed by atoms with E-state index in [4.69, 9.17) is 4.74 Å². The van der Waals surface area contributed by atoms with Crippen molar-refractivity contribution in [1.29, 1.82) is 5.26 Å². The Morgan fingerprint density at radius 3 is 2.52 bits per heavy atom. The summed E-state index contributed by atoms with van der Waals surface area (Å²) in [5, 5.41) is 24.9. The van der Waals surface area contributed by atoms with Gasteiger partial charge in [0.25, 0.3) is 0 Å². The lowest BCUT2D eigenvalue weighted by atomic mass is 9.72. The Kier molecular flexibility index (Phi) is 7.24. The zero-order valence-corrected chi connectivity index (χ0v) is 18.2. The molecule has 164 valence electrons. The van der Waals surface area contributed by atoms with E-state index in [1.807, 2.05) is 42.5 Å². The second kappa shape index (κ2) is 10.3. The number of nitrogens with zero attached hydrogens (tertiary/aromatic N) is 2. The Morgan fingerprint density at radius 1 is 1.06 bits per heavy atom. The number of benzene rings is 2. The van der Waals surface area contributed by atoms with Gasteiger partial charge in [-0.15, -0.1) is 0 Å². The van der Waals surface area contributed by atoms with Crippen molar-refractivity contribution in [2.75, 3.05) is 32.7 Å². The van der Waals surface area contributed by atoms with E-state index in [1.54, 1.807) is 0 Å². The number of nitrogens with one attached hydrogen (secondary N) is 1. The summed E-state index contributed by atoms with van der Waals surface area (Å²) in [6, 6.07) is 18.2. The lowest BCUT2D eigenvalue weighted by Gasteiger charge is -2.42. The van der Waals surface area contributed by atoms with Gasteiger partial charge in [-0.1, -0.05) is 55.7 Å². The second-order valence-corrected chi connectivity index (χ2v) is 8.91. The number of ether oxygens (including phenoxy) is 1. The normalized spacial score (nSPS) is 20.0. The monoisotopic (exact) mass is 419 g/mol. The highest BCUT2D eigenvalue weighted by molar-refractivity contribution is 5.47. The number of piperazine rings is 1. The molecule has 31 heavy (non-hydrogen) atoms. The predicted molar refractivity (Wildman–Crippen MR) is 122 cm³/mol. The molecule has 1 aliphatic carbocycles. The molecule has 5 heteroatoms. The predicted octanol–water partition coefficient (Wildman–Crippen LogP) is 3.82. The van der Waals surface area contributed by atoms with Crippen molar-refractivity contribution in [3.8, 4) is 11.8 Å². The first-order valence-electron chi connectivity index (χ1n) is 11.5.